The number of fused-ring (bicyclic) bond motifs is 2. The van der Waals surface area contributed by atoms with E-state index in [4.69, 9.17) is 23.1 Å². The third kappa shape index (κ3) is 5.73. The molecule has 2 aromatic heterocycles. The maximum absolute atomic E-state index is 14.0. The molecule has 4 rings (SSSR count). The molecule has 0 aliphatic heterocycles. The average molecular weight is 487 g/mol. The number of benzene rings is 2. The molecule has 0 aliphatic carbocycles. The van der Waals surface area contributed by atoms with Gasteiger partial charge in [0.2, 0.25) is 0 Å². The summed E-state index contributed by atoms with van der Waals surface area (Å²) < 4.78 is 14.0. The molecule has 4 aromatic rings. The number of rotatable bonds is 2. The molecule has 2 aromatic carbocycles. The molecule has 0 bridgehead atoms. The predicted molar refractivity (Wildman–Crippen MR) is 139 cm³/mol. The highest BCUT2D eigenvalue weighted by Gasteiger charge is 2.25. The Kier molecular flexibility index (Phi) is 8.42. The van der Waals surface area contributed by atoms with Gasteiger partial charge in [0.25, 0.3) is 0 Å². The van der Waals surface area contributed by atoms with Crippen LogP contribution >= 0.6 is 11.6 Å². The second-order valence-electron chi connectivity index (χ2n) is 8.57. The third-order valence-electron chi connectivity index (χ3n) is 4.98. The van der Waals surface area contributed by atoms with E-state index in [1.807, 2.05) is 38.1 Å². The van der Waals surface area contributed by atoms with Gasteiger partial charge in [-0.15, -0.1) is 0 Å². The molecule has 0 radical (unpaired) electrons. The fraction of sp³-hybridized carbons (Fsp3) is 0.308. The number of aromatic nitrogens is 2. The van der Waals surface area contributed by atoms with Crippen molar-refractivity contribution in [1.82, 2.24) is 9.97 Å². The fourth-order valence-corrected chi connectivity index (χ4v) is 3.89. The van der Waals surface area contributed by atoms with Gasteiger partial charge in [-0.3, -0.25) is 9.97 Å². The van der Waals surface area contributed by atoms with Crippen molar-refractivity contribution < 1.29 is 14.6 Å². The van der Waals surface area contributed by atoms with E-state index in [0.29, 0.717) is 16.8 Å². The van der Waals surface area contributed by atoms with Gasteiger partial charge in [-0.1, -0.05) is 43.6 Å². The number of hydrogen-bond acceptors (Lipinski definition) is 6. The van der Waals surface area contributed by atoms with E-state index in [0.717, 1.165) is 16.5 Å². The third-order valence-corrected chi connectivity index (χ3v) is 5.27. The summed E-state index contributed by atoms with van der Waals surface area (Å²) >= 11 is 5.74. The Bertz CT molecular complexity index is 1290. The van der Waals surface area contributed by atoms with Crippen LogP contribution in [0.3, 0.4) is 0 Å². The lowest BCUT2D eigenvalue weighted by Gasteiger charge is -2.22. The van der Waals surface area contributed by atoms with Crippen molar-refractivity contribution in [1.29, 1.82) is 0 Å². The molecule has 0 saturated carbocycles. The molecular formula is C26H32ClFN4O2. The second-order valence-corrected chi connectivity index (χ2v) is 8.97. The number of para-hydroxylation sites is 1. The smallest absolute Gasteiger partial charge is 0.151 e. The Morgan fingerprint density at radius 3 is 1.85 bits per heavy atom. The van der Waals surface area contributed by atoms with Crippen LogP contribution in [0.2, 0.25) is 5.02 Å². The number of hydrogen-bond donors (Lipinski definition) is 4. The molecule has 8 heteroatoms. The Morgan fingerprint density at radius 1 is 0.794 bits per heavy atom. The van der Waals surface area contributed by atoms with Crippen molar-refractivity contribution in [3.05, 3.63) is 70.8 Å². The standard InChI is InChI=1S/C12H12ClFN2O.C12H14N2O.C2H6/c1-12(2,17)10-7(15)5-16-8-4-3-6(13)11(14)9(8)10;1-12(2,15)11-8-5-3-4-6-10(8)14-7-9(11)13;1-2/h3-5,17H,15H2,1-2H3;3-7,15H,13H2,1-2H3;1-2H3. The Labute approximate surface area is 204 Å². The van der Waals surface area contributed by atoms with Crippen molar-refractivity contribution in [3.63, 3.8) is 0 Å². The molecule has 0 fully saturated rings. The van der Waals surface area contributed by atoms with Crippen molar-refractivity contribution in [2.75, 3.05) is 11.5 Å². The highest BCUT2D eigenvalue weighted by Crippen LogP contribution is 2.35. The molecule has 0 aliphatic rings. The van der Waals surface area contributed by atoms with Crippen LogP contribution in [0.1, 0.15) is 52.7 Å². The number of nitrogens with zero attached hydrogens (tertiary/aromatic N) is 2. The first-order valence-corrected chi connectivity index (χ1v) is 11.3. The average Bonchev–Trinajstić information content (AvgIpc) is 2.76. The monoisotopic (exact) mass is 486 g/mol. The van der Waals surface area contributed by atoms with Crippen molar-refractivity contribution in [2.24, 2.45) is 0 Å². The van der Waals surface area contributed by atoms with Gasteiger partial charge in [0.1, 0.15) is 0 Å². The highest BCUT2D eigenvalue weighted by molar-refractivity contribution is 6.31. The largest absolute Gasteiger partial charge is 0.397 e. The van der Waals surface area contributed by atoms with Gasteiger partial charge in [-0.05, 0) is 45.9 Å². The zero-order valence-corrected chi connectivity index (χ0v) is 21.1. The fourth-order valence-electron chi connectivity index (χ4n) is 3.73. The summed E-state index contributed by atoms with van der Waals surface area (Å²) in [7, 11) is 0. The number of nitrogen functional groups attached to an aromatic ring is 2. The van der Waals surface area contributed by atoms with Crippen molar-refractivity contribution in [2.45, 2.75) is 52.7 Å². The van der Waals surface area contributed by atoms with Gasteiger partial charge >= 0.3 is 0 Å². The molecule has 6 nitrogen and oxygen atoms in total. The summed E-state index contributed by atoms with van der Waals surface area (Å²) in [6.45, 7) is 10.5. The molecule has 34 heavy (non-hydrogen) atoms. The zero-order valence-electron chi connectivity index (χ0n) is 20.3. The number of anilines is 2. The van der Waals surface area contributed by atoms with Crippen LogP contribution in [-0.4, -0.2) is 20.2 Å². The molecule has 2 heterocycles. The number of aliphatic hydroxyl groups is 2. The van der Waals surface area contributed by atoms with Gasteiger partial charge < -0.3 is 21.7 Å². The summed E-state index contributed by atoms with van der Waals surface area (Å²) in [6, 6.07) is 10.7. The van der Waals surface area contributed by atoms with E-state index in [-0.39, 0.29) is 16.1 Å². The van der Waals surface area contributed by atoms with Crippen molar-refractivity contribution >= 4 is 44.8 Å². The lowest BCUT2D eigenvalue weighted by molar-refractivity contribution is 0.0802. The first-order chi connectivity index (χ1) is 15.8. The van der Waals surface area contributed by atoms with Crippen LogP contribution in [0.25, 0.3) is 21.8 Å². The summed E-state index contributed by atoms with van der Waals surface area (Å²) in [5, 5.41) is 21.2. The second kappa shape index (κ2) is 10.5. The number of pyridine rings is 2. The molecule has 0 amide bonds. The molecule has 6 N–H and O–H groups in total. The van der Waals surface area contributed by atoms with Crippen LogP contribution in [0.15, 0.2) is 48.8 Å². The molecule has 0 atom stereocenters. The minimum absolute atomic E-state index is 0.0181. The maximum atomic E-state index is 14.0. The Balaban J connectivity index is 0.000000225. The maximum Gasteiger partial charge on any atom is 0.151 e. The van der Waals surface area contributed by atoms with E-state index in [2.05, 4.69) is 9.97 Å². The first kappa shape index (κ1) is 27.2. The van der Waals surface area contributed by atoms with Crippen molar-refractivity contribution in [3.8, 4) is 0 Å². The summed E-state index contributed by atoms with van der Waals surface area (Å²) in [6.07, 6.45) is 3.00. The Hall–Kier alpha value is -3.00. The quantitative estimate of drug-likeness (QED) is 0.280. The van der Waals surface area contributed by atoms with Gasteiger partial charge in [0, 0.05) is 21.9 Å². The molecular weight excluding hydrogens is 455 g/mol. The number of nitrogens with two attached hydrogens (primary N) is 2. The highest BCUT2D eigenvalue weighted by atomic mass is 35.5. The van der Waals surface area contributed by atoms with Crippen LogP contribution < -0.4 is 11.5 Å². The van der Waals surface area contributed by atoms with Crippen LogP contribution in [0, 0.1) is 5.82 Å². The van der Waals surface area contributed by atoms with E-state index < -0.39 is 17.0 Å². The van der Waals surface area contributed by atoms with Gasteiger partial charge in [-0.25, -0.2) is 4.39 Å². The summed E-state index contributed by atoms with van der Waals surface area (Å²) in [5.41, 5.74) is 12.5. The van der Waals surface area contributed by atoms with E-state index in [1.54, 1.807) is 40.0 Å². The van der Waals surface area contributed by atoms with E-state index in [1.165, 1.54) is 12.3 Å². The topological polar surface area (TPSA) is 118 Å². The zero-order chi connectivity index (χ0) is 25.8. The van der Waals surface area contributed by atoms with Crippen LogP contribution in [-0.2, 0) is 11.2 Å². The molecule has 0 unspecified atom stereocenters. The predicted octanol–water partition coefficient (Wildman–Crippen LogP) is 5.91. The summed E-state index contributed by atoms with van der Waals surface area (Å²) in [5.74, 6) is -0.610. The lowest BCUT2D eigenvalue weighted by atomic mass is 9.93. The number of halogens is 2. The first-order valence-electron chi connectivity index (χ1n) is 10.9. The van der Waals surface area contributed by atoms with Crippen LogP contribution in [0.4, 0.5) is 15.8 Å². The lowest BCUT2D eigenvalue weighted by Crippen LogP contribution is -2.19. The summed E-state index contributed by atoms with van der Waals surface area (Å²) in [4.78, 5) is 8.24. The van der Waals surface area contributed by atoms with Gasteiger partial charge in [-0.2, -0.15) is 0 Å². The van der Waals surface area contributed by atoms with E-state index >= 15 is 0 Å². The van der Waals surface area contributed by atoms with E-state index in [9.17, 15) is 14.6 Å². The molecule has 182 valence electrons. The Morgan fingerprint density at radius 2 is 1.29 bits per heavy atom. The van der Waals surface area contributed by atoms with Crippen LogP contribution in [0.5, 0.6) is 0 Å². The SMILES string of the molecule is CC.CC(C)(O)c1c(N)cnc2ccc(Cl)c(F)c12.CC(C)(O)c1c(N)cnc2ccccc12. The minimum Gasteiger partial charge on any atom is -0.397 e. The molecule has 0 saturated heterocycles. The van der Waals surface area contributed by atoms with Gasteiger partial charge in [0.15, 0.2) is 5.82 Å². The molecule has 0 spiro atoms. The normalized spacial score (nSPS) is 11.5. The van der Waals surface area contributed by atoms with Gasteiger partial charge in [0.05, 0.1) is 51.0 Å². The minimum atomic E-state index is -1.27.